The average molecular weight is 466 g/mol. The van der Waals surface area contributed by atoms with Crippen molar-refractivity contribution >= 4 is 38.6 Å². The first-order valence-corrected chi connectivity index (χ1v) is 9.85. The molecule has 0 fully saturated rings. The molecule has 30 heavy (non-hydrogen) atoms. The molecule has 0 bridgehead atoms. The number of rotatable bonds is 5. The van der Waals surface area contributed by atoms with Crippen LogP contribution in [0.2, 0.25) is 0 Å². The smallest absolute Gasteiger partial charge is 0.325 e. The summed E-state index contributed by atoms with van der Waals surface area (Å²) in [5, 5.41) is 2.76. The van der Waals surface area contributed by atoms with Gasteiger partial charge < -0.3 is 5.32 Å². The summed E-state index contributed by atoms with van der Waals surface area (Å²) in [7, 11) is 0. The van der Waals surface area contributed by atoms with E-state index in [1.54, 1.807) is 60.9 Å². The standard InChI is InChI=1S/C21H16BrN5O3/c22-15-3-5-16(6-4-15)25-18(28)13-26-17-2-1-9-24-19(17)20(29)27(21(26)30)12-14-7-10-23-11-8-14/h1-11H,12-13H2,(H,25,28). The van der Waals surface area contributed by atoms with E-state index < -0.39 is 17.2 Å². The summed E-state index contributed by atoms with van der Waals surface area (Å²) in [5.41, 5.74) is 0.696. The Bertz CT molecular complexity index is 1330. The van der Waals surface area contributed by atoms with Crippen molar-refractivity contribution in [3.8, 4) is 0 Å². The van der Waals surface area contributed by atoms with E-state index in [1.807, 2.05) is 0 Å². The number of hydrogen-bond donors (Lipinski definition) is 1. The van der Waals surface area contributed by atoms with Crippen molar-refractivity contribution in [2.75, 3.05) is 5.32 Å². The Labute approximate surface area is 179 Å². The van der Waals surface area contributed by atoms with Gasteiger partial charge in [-0.1, -0.05) is 15.9 Å². The first-order chi connectivity index (χ1) is 14.5. The molecule has 0 aliphatic heterocycles. The fourth-order valence-corrected chi connectivity index (χ4v) is 3.35. The molecule has 9 heteroatoms. The second kappa shape index (κ2) is 8.42. The third kappa shape index (κ3) is 4.06. The molecule has 1 N–H and O–H groups in total. The number of aromatic nitrogens is 4. The number of carbonyl (C=O) groups excluding carboxylic acids is 1. The minimum Gasteiger partial charge on any atom is -0.325 e. The second-order valence-corrected chi connectivity index (χ2v) is 7.46. The van der Waals surface area contributed by atoms with Gasteiger partial charge in [-0.15, -0.1) is 0 Å². The molecule has 3 aromatic heterocycles. The minimum atomic E-state index is -0.580. The maximum Gasteiger partial charge on any atom is 0.332 e. The summed E-state index contributed by atoms with van der Waals surface area (Å²) in [6, 6.07) is 13.8. The lowest BCUT2D eigenvalue weighted by Gasteiger charge is -2.14. The van der Waals surface area contributed by atoms with Gasteiger partial charge in [0, 0.05) is 28.8 Å². The fraction of sp³-hybridized carbons (Fsp3) is 0.0952. The third-order valence-corrected chi connectivity index (χ3v) is 5.04. The van der Waals surface area contributed by atoms with Crippen LogP contribution in [0, 0.1) is 0 Å². The monoisotopic (exact) mass is 465 g/mol. The maximum absolute atomic E-state index is 13.1. The number of halogens is 1. The van der Waals surface area contributed by atoms with Crippen LogP contribution in [-0.2, 0) is 17.9 Å². The van der Waals surface area contributed by atoms with Crippen LogP contribution in [-0.4, -0.2) is 25.0 Å². The molecule has 3 heterocycles. The van der Waals surface area contributed by atoms with E-state index >= 15 is 0 Å². The second-order valence-electron chi connectivity index (χ2n) is 6.54. The van der Waals surface area contributed by atoms with Gasteiger partial charge in [-0.3, -0.25) is 23.7 Å². The van der Waals surface area contributed by atoms with Crippen LogP contribution in [0.25, 0.3) is 11.0 Å². The molecule has 1 aromatic carbocycles. The molecule has 0 saturated heterocycles. The van der Waals surface area contributed by atoms with Crippen molar-refractivity contribution in [1.29, 1.82) is 0 Å². The normalized spacial score (nSPS) is 10.8. The molecule has 8 nitrogen and oxygen atoms in total. The number of amides is 1. The van der Waals surface area contributed by atoms with Crippen molar-refractivity contribution in [3.05, 3.63) is 98.0 Å². The third-order valence-electron chi connectivity index (χ3n) is 4.51. The summed E-state index contributed by atoms with van der Waals surface area (Å²) in [5.74, 6) is -0.390. The highest BCUT2D eigenvalue weighted by Gasteiger charge is 2.16. The summed E-state index contributed by atoms with van der Waals surface area (Å²) >= 11 is 3.34. The van der Waals surface area contributed by atoms with E-state index in [4.69, 9.17) is 0 Å². The topological polar surface area (TPSA) is 98.9 Å². The number of carbonyl (C=O) groups is 1. The van der Waals surface area contributed by atoms with E-state index in [2.05, 4.69) is 31.2 Å². The molecule has 0 aliphatic rings. The summed E-state index contributed by atoms with van der Waals surface area (Å²) in [6.45, 7) is -0.200. The molecule has 0 aliphatic carbocycles. The molecule has 0 spiro atoms. The van der Waals surface area contributed by atoms with Crippen molar-refractivity contribution in [3.63, 3.8) is 0 Å². The number of pyridine rings is 2. The Morgan fingerprint density at radius 1 is 0.967 bits per heavy atom. The van der Waals surface area contributed by atoms with Gasteiger partial charge in [0.25, 0.3) is 5.56 Å². The van der Waals surface area contributed by atoms with Crippen LogP contribution >= 0.6 is 15.9 Å². The lowest BCUT2D eigenvalue weighted by molar-refractivity contribution is -0.116. The zero-order chi connectivity index (χ0) is 21.1. The number of hydrogen-bond acceptors (Lipinski definition) is 5. The van der Waals surface area contributed by atoms with Gasteiger partial charge in [0.05, 0.1) is 12.1 Å². The Balaban J connectivity index is 1.74. The predicted molar refractivity (Wildman–Crippen MR) is 116 cm³/mol. The fourth-order valence-electron chi connectivity index (χ4n) is 3.08. The number of nitrogens with one attached hydrogen (secondary N) is 1. The largest absolute Gasteiger partial charge is 0.332 e. The molecule has 150 valence electrons. The summed E-state index contributed by atoms with van der Waals surface area (Å²) in [4.78, 5) is 46.7. The zero-order valence-electron chi connectivity index (χ0n) is 15.7. The van der Waals surface area contributed by atoms with Crippen molar-refractivity contribution in [1.82, 2.24) is 19.1 Å². The summed E-state index contributed by atoms with van der Waals surface area (Å²) < 4.78 is 3.23. The van der Waals surface area contributed by atoms with Crippen LogP contribution in [0.3, 0.4) is 0 Å². The SMILES string of the molecule is O=C(Cn1c(=O)n(Cc2ccncc2)c(=O)c2ncccc21)Nc1ccc(Br)cc1. The van der Waals surface area contributed by atoms with Crippen molar-refractivity contribution in [2.24, 2.45) is 0 Å². The molecular weight excluding hydrogens is 450 g/mol. The molecule has 4 aromatic rings. The molecule has 1 amide bonds. The molecular formula is C21H16BrN5O3. The van der Waals surface area contributed by atoms with Gasteiger partial charge >= 0.3 is 5.69 Å². The Morgan fingerprint density at radius 3 is 2.43 bits per heavy atom. The van der Waals surface area contributed by atoms with Gasteiger partial charge in [-0.2, -0.15) is 0 Å². The molecule has 0 radical (unpaired) electrons. The van der Waals surface area contributed by atoms with Crippen LogP contribution < -0.4 is 16.6 Å². The van der Waals surface area contributed by atoms with Crippen molar-refractivity contribution < 1.29 is 4.79 Å². The first-order valence-electron chi connectivity index (χ1n) is 9.05. The van der Waals surface area contributed by atoms with E-state index in [0.717, 1.165) is 14.6 Å². The highest BCUT2D eigenvalue weighted by atomic mass is 79.9. The summed E-state index contributed by atoms with van der Waals surface area (Å²) in [6.07, 6.45) is 4.66. The maximum atomic E-state index is 13.1. The number of nitrogens with zero attached hydrogens (tertiary/aromatic N) is 4. The Hall–Kier alpha value is -3.59. The average Bonchev–Trinajstić information content (AvgIpc) is 2.76. The van der Waals surface area contributed by atoms with Gasteiger partial charge in [0.1, 0.15) is 6.54 Å². The van der Waals surface area contributed by atoms with Crippen molar-refractivity contribution in [2.45, 2.75) is 13.1 Å². The van der Waals surface area contributed by atoms with Crippen LogP contribution in [0.4, 0.5) is 5.69 Å². The molecule has 0 unspecified atom stereocenters. The Kier molecular flexibility index (Phi) is 5.53. The van der Waals surface area contributed by atoms with Crippen LogP contribution in [0.1, 0.15) is 5.56 Å². The Morgan fingerprint density at radius 2 is 1.70 bits per heavy atom. The molecule has 4 rings (SSSR count). The lowest BCUT2D eigenvalue weighted by atomic mass is 10.2. The van der Waals surface area contributed by atoms with Crippen LogP contribution in [0.15, 0.2) is 81.2 Å². The first kappa shape index (κ1) is 19.7. The lowest BCUT2D eigenvalue weighted by Crippen LogP contribution is -2.42. The highest BCUT2D eigenvalue weighted by molar-refractivity contribution is 9.10. The quantitative estimate of drug-likeness (QED) is 0.487. The van der Waals surface area contributed by atoms with Gasteiger partial charge in [0.2, 0.25) is 5.91 Å². The number of fused-ring (bicyclic) bond motifs is 1. The van der Waals surface area contributed by atoms with E-state index in [-0.39, 0.29) is 18.6 Å². The number of anilines is 1. The van der Waals surface area contributed by atoms with E-state index in [9.17, 15) is 14.4 Å². The van der Waals surface area contributed by atoms with Crippen LogP contribution in [0.5, 0.6) is 0 Å². The van der Waals surface area contributed by atoms with E-state index in [1.165, 1.54) is 10.8 Å². The highest BCUT2D eigenvalue weighted by Crippen LogP contribution is 2.14. The van der Waals surface area contributed by atoms with Gasteiger partial charge in [-0.05, 0) is 54.1 Å². The zero-order valence-corrected chi connectivity index (χ0v) is 17.2. The molecule has 0 atom stereocenters. The molecule has 0 saturated carbocycles. The van der Waals surface area contributed by atoms with Gasteiger partial charge in [-0.25, -0.2) is 9.78 Å². The minimum absolute atomic E-state index is 0.0566. The van der Waals surface area contributed by atoms with Gasteiger partial charge in [0.15, 0.2) is 5.52 Å². The van der Waals surface area contributed by atoms with E-state index in [0.29, 0.717) is 11.2 Å². The number of benzene rings is 1. The predicted octanol–water partition coefficient (Wildman–Crippen LogP) is 2.40.